The van der Waals surface area contributed by atoms with Crippen LogP contribution in [0.3, 0.4) is 0 Å². The fourth-order valence-corrected chi connectivity index (χ4v) is 2.75. The lowest BCUT2D eigenvalue weighted by Crippen LogP contribution is -2.20. The smallest absolute Gasteiger partial charge is 0.00721 e. The molecular formula is C16H27NS. The highest BCUT2D eigenvalue weighted by Gasteiger charge is 2.00. The second-order valence-electron chi connectivity index (χ2n) is 5.26. The van der Waals surface area contributed by atoms with Gasteiger partial charge in [0.2, 0.25) is 0 Å². The third-order valence-electron chi connectivity index (χ3n) is 3.34. The van der Waals surface area contributed by atoms with Crippen LogP contribution < -0.4 is 5.32 Å². The fourth-order valence-electron chi connectivity index (χ4n) is 1.84. The molecule has 18 heavy (non-hydrogen) atoms. The van der Waals surface area contributed by atoms with E-state index in [2.05, 4.69) is 50.4 Å². The normalized spacial score (nSPS) is 12.9. The van der Waals surface area contributed by atoms with Gasteiger partial charge in [-0.15, -0.1) is 11.8 Å². The predicted octanol–water partition coefficient (Wildman–Crippen LogP) is 4.68. The summed E-state index contributed by atoms with van der Waals surface area (Å²) in [6.07, 6.45) is 3.91. The summed E-state index contributed by atoms with van der Waals surface area (Å²) < 4.78 is 0. The molecule has 0 aliphatic carbocycles. The molecule has 0 saturated carbocycles. The van der Waals surface area contributed by atoms with Gasteiger partial charge in [0, 0.05) is 10.9 Å². The summed E-state index contributed by atoms with van der Waals surface area (Å²) in [5.41, 5.74) is 1.43. The van der Waals surface area contributed by atoms with Crippen LogP contribution in [-0.4, -0.2) is 18.8 Å². The molecule has 102 valence electrons. The Morgan fingerprint density at radius 2 is 1.72 bits per heavy atom. The van der Waals surface area contributed by atoms with E-state index in [1.54, 1.807) is 0 Å². The van der Waals surface area contributed by atoms with E-state index in [-0.39, 0.29) is 0 Å². The molecule has 0 spiro atoms. The molecule has 1 rings (SSSR count). The summed E-state index contributed by atoms with van der Waals surface area (Å²) in [5.74, 6) is 1.87. The number of rotatable bonds is 8. The summed E-state index contributed by atoms with van der Waals surface area (Å²) in [4.78, 5) is 1.40. The second-order valence-corrected chi connectivity index (χ2v) is 6.43. The van der Waals surface area contributed by atoms with Gasteiger partial charge in [0.15, 0.2) is 0 Å². The minimum absolute atomic E-state index is 0.632. The quantitative estimate of drug-likeness (QED) is 0.541. The lowest BCUT2D eigenvalue weighted by molar-refractivity contribution is 0.539. The molecule has 0 aliphatic heterocycles. The summed E-state index contributed by atoms with van der Waals surface area (Å²) >= 11 is 1.98. The standard InChI is InChI=1S/C16H27NS/c1-13(2)15-8-10-16(11-9-15)18-12-6-5-7-14(3)17-4/h8-11,13-14,17H,5-7,12H2,1-4H3. The van der Waals surface area contributed by atoms with Crippen LogP contribution in [0.4, 0.5) is 0 Å². The molecule has 0 amide bonds. The summed E-state index contributed by atoms with van der Waals surface area (Å²) in [6, 6.07) is 9.69. The van der Waals surface area contributed by atoms with Crippen molar-refractivity contribution in [2.24, 2.45) is 0 Å². The van der Waals surface area contributed by atoms with E-state index in [1.165, 1.54) is 35.5 Å². The van der Waals surface area contributed by atoms with Crippen LogP contribution in [-0.2, 0) is 0 Å². The van der Waals surface area contributed by atoms with Crippen LogP contribution in [0.2, 0.25) is 0 Å². The Bertz CT molecular complexity index is 318. The van der Waals surface area contributed by atoms with Crippen molar-refractivity contribution in [3.05, 3.63) is 29.8 Å². The van der Waals surface area contributed by atoms with E-state index in [1.807, 2.05) is 18.8 Å². The van der Waals surface area contributed by atoms with Crippen molar-refractivity contribution in [3.63, 3.8) is 0 Å². The van der Waals surface area contributed by atoms with E-state index in [0.29, 0.717) is 12.0 Å². The highest BCUT2D eigenvalue weighted by molar-refractivity contribution is 7.99. The molecule has 1 atom stereocenters. The molecule has 1 aromatic rings. The molecule has 1 nitrogen and oxygen atoms in total. The second kappa shape index (κ2) is 8.60. The van der Waals surface area contributed by atoms with Crippen LogP contribution in [0.1, 0.15) is 51.5 Å². The van der Waals surface area contributed by atoms with E-state index in [9.17, 15) is 0 Å². The van der Waals surface area contributed by atoms with Crippen molar-refractivity contribution < 1.29 is 0 Å². The third-order valence-corrected chi connectivity index (χ3v) is 4.44. The number of unbranched alkanes of at least 4 members (excludes halogenated alkanes) is 1. The highest BCUT2D eigenvalue weighted by Crippen LogP contribution is 2.22. The van der Waals surface area contributed by atoms with Crippen LogP contribution in [0, 0.1) is 0 Å². The SMILES string of the molecule is CNC(C)CCCCSc1ccc(C(C)C)cc1. The van der Waals surface area contributed by atoms with Gasteiger partial charge in [-0.1, -0.05) is 32.4 Å². The van der Waals surface area contributed by atoms with E-state index < -0.39 is 0 Å². The Morgan fingerprint density at radius 3 is 2.28 bits per heavy atom. The number of hydrogen-bond donors (Lipinski definition) is 1. The van der Waals surface area contributed by atoms with Gasteiger partial charge < -0.3 is 5.32 Å². The average molecular weight is 265 g/mol. The first kappa shape index (κ1) is 15.6. The average Bonchev–Trinajstić information content (AvgIpc) is 2.38. The van der Waals surface area contributed by atoms with Crippen molar-refractivity contribution >= 4 is 11.8 Å². The Kier molecular flexibility index (Phi) is 7.45. The highest BCUT2D eigenvalue weighted by atomic mass is 32.2. The molecular weight excluding hydrogens is 238 g/mol. The molecule has 1 aromatic carbocycles. The Hall–Kier alpha value is -0.470. The van der Waals surface area contributed by atoms with E-state index in [0.717, 1.165) is 0 Å². The summed E-state index contributed by atoms with van der Waals surface area (Å²) in [5, 5.41) is 3.28. The molecule has 1 unspecified atom stereocenters. The number of hydrogen-bond acceptors (Lipinski definition) is 2. The molecule has 0 fully saturated rings. The van der Waals surface area contributed by atoms with Gasteiger partial charge in [-0.2, -0.15) is 0 Å². The Balaban J connectivity index is 2.19. The summed E-state index contributed by atoms with van der Waals surface area (Å²) in [7, 11) is 2.04. The van der Waals surface area contributed by atoms with Crippen LogP contribution >= 0.6 is 11.8 Å². The lowest BCUT2D eigenvalue weighted by atomic mass is 10.0. The van der Waals surface area contributed by atoms with Crippen molar-refractivity contribution in [3.8, 4) is 0 Å². The van der Waals surface area contributed by atoms with E-state index in [4.69, 9.17) is 0 Å². The fraction of sp³-hybridized carbons (Fsp3) is 0.625. The maximum atomic E-state index is 3.28. The van der Waals surface area contributed by atoms with Gasteiger partial charge in [0.25, 0.3) is 0 Å². The molecule has 1 N–H and O–H groups in total. The van der Waals surface area contributed by atoms with E-state index >= 15 is 0 Å². The monoisotopic (exact) mass is 265 g/mol. The third kappa shape index (κ3) is 5.92. The van der Waals surface area contributed by atoms with Gasteiger partial charge >= 0.3 is 0 Å². The zero-order valence-electron chi connectivity index (χ0n) is 12.2. The molecule has 0 bridgehead atoms. The molecule has 0 aromatic heterocycles. The van der Waals surface area contributed by atoms with Gasteiger partial charge in [0.1, 0.15) is 0 Å². The van der Waals surface area contributed by atoms with Crippen molar-refractivity contribution in [1.29, 1.82) is 0 Å². The number of nitrogens with one attached hydrogen (secondary N) is 1. The van der Waals surface area contributed by atoms with Gasteiger partial charge in [-0.3, -0.25) is 0 Å². The maximum Gasteiger partial charge on any atom is 0.00721 e. The molecule has 0 radical (unpaired) electrons. The maximum absolute atomic E-state index is 3.28. The predicted molar refractivity (Wildman–Crippen MR) is 83.6 cm³/mol. The Morgan fingerprint density at radius 1 is 1.06 bits per heavy atom. The van der Waals surface area contributed by atoms with Gasteiger partial charge in [0.05, 0.1) is 0 Å². The van der Waals surface area contributed by atoms with Crippen molar-refractivity contribution in [2.75, 3.05) is 12.8 Å². The van der Waals surface area contributed by atoms with Crippen LogP contribution in [0.5, 0.6) is 0 Å². The topological polar surface area (TPSA) is 12.0 Å². The molecule has 2 heteroatoms. The first-order chi connectivity index (χ1) is 8.63. The molecule has 0 heterocycles. The zero-order chi connectivity index (χ0) is 13.4. The first-order valence-electron chi connectivity index (χ1n) is 7.03. The first-order valence-corrected chi connectivity index (χ1v) is 8.02. The Labute approximate surface area is 117 Å². The van der Waals surface area contributed by atoms with Crippen LogP contribution in [0.15, 0.2) is 29.2 Å². The summed E-state index contributed by atoms with van der Waals surface area (Å²) in [6.45, 7) is 6.73. The number of benzene rings is 1. The van der Waals surface area contributed by atoms with Crippen molar-refractivity contribution in [1.82, 2.24) is 5.32 Å². The minimum atomic E-state index is 0.632. The molecule has 0 saturated heterocycles. The molecule has 0 aliphatic rings. The number of thioether (sulfide) groups is 1. The lowest BCUT2D eigenvalue weighted by Gasteiger charge is -2.09. The minimum Gasteiger partial charge on any atom is -0.317 e. The van der Waals surface area contributed by atoms with Gasteiger partial charge in [-0.25, -0.2) is 0 Å². The largest absolute Gasteiger partial charge is 0.317 e. The van der Waals surface area contributed by atoms with Crippen LogP contribution in [0.25, 0.3) is 0 Å². The van der Waals surface area contributed by atoms with Gasteiger partial charge in [-0.05, 0) is 56.2 Å². The zero-order valence-corrected chi connectivity index (χ0v) is 13.0. The van der Waals surface area contributed by atoms with Crippen molar-refractivity contribution in [2.45, 2.75) is 56.9 Å².